The third-order valence-corrected chi connectivity index (χ3v) is 15.0. The van der Waals surface area contributed by atoms with Crippen LogP contribution in [0.15, 0.2) is 66.2 Å². The first kappa shape index (κ1) is 37.4. The number of amides is 2. The van der Waals surface area contributed by atoms with Gasteiger partial charge in [-0.25, -0.2) is 4.79 Å². The Labute approximate surface area is 331 Å². The van der Waals surface area contributed by atoms with E-state index < -0.39 is 17.5 Å². The summed E-state index contributed by atoms with van der Waals surface area (Å²) in [4.78, 5) is 52.6. The molecule has 0 aromatic heterocycles. The molecule has 11 heteroatoms. The Hall–Kier alpha value is -5.16. The molecular formula is C46H50N2O9. The van der Waals surface area contributed by atoms with Crippen molar-refractivity contribution in [2.45, 2.75) is 89.8 Å². The van der Waals surface area contributed by atoms with Gasteiger partial charge in [-0.1, -0.05) is 25.5 Å². The normalized spacial score (nSPS) is 30.0. The van der Waals surface area contributed by atoms with Gasteiger partial charge in [-0.2, -0.15) is 0 Å². The molecule has 1 spiro atoms. The first-order chi connectivity index (χ1) is 27.3. The standard InChI is InChI=1S/C46H50N2O9/c1-44-17-16-34-31(33(44)14-15-40(44)52)10-7-27-22-30(51)21-26(45(27,34)2)4-3-5-41(53)47-18-19-48-42(54)25-6-11-35-32(20-25)43(55)57-46(35)36-12-8-28(49)23-38(36)56-39-24-29(50)9-13-37(39)46/h6,8-9,11-13,20,22-24,26,31,33-34,40,49-50,52H,3-5,7,10,14-19,21H2,1-2H3,(H,47,53)(H,48,54)/t26-,31?,33-,34-,40-,44-,45-/m0/s1. The number of benzene rings is 3. The van der Waals surface area contributed by atoms with E-state index in [4.69, 9.17) is 9.47 Å². The van der Waals surface area contributed by atoms with Gasteiger partial charge >= 0.3 is 5.97 Å². The number of esters is 1. The van der Waals surface area contributed by atoms with Crippen LogP contribution >= 0.6 is 0 Å². The predicted octanol–water partition coefficient (Wildman–Crippen LogP) is 6.80. The highest BCUT2D eigenvalue weighted by molar-refractivity contribution is 6.01. The van der Waals surface area contributed by atoms with Crippen molar-refractivity contribution in [3.05, 3.63) is 94.1 Å². The summed E-state index contributed by atoms with van der Waals surface area (Å²) in [5, 5.41) is 37.0. The van der Waals surface area contributed by atoms with Crippen LogP contribution in [-0.4, -0.2) is 58.1 Å². The number of aliphatic hydroxyl groups excluding tert-OH is 1. The highest BCUT2D eigenvalue weighted by Crippen LogP contribution is 2.67. The Morgan fingerprint density at radius 1 is 0.842 bits per heavy atom. The molecule has 3 aromatic carbocycles. The van der Waals surface area contributed by atoms with Crippen molar-refractivity contribution < 1.29 is 44.0 Å². The number of ether oxygens (including phenoxy) is 2. The summed E-state index contributed by atoms with van der Waals surface area (Å²) in [6.07, 6.45) is 10.2. The smallest absolute Gasteiger partial charge is 0.340 e. The first-order valence-corrected chi connectivity index (χ1v) is 20.5. The summed E-state index contributed by atoms with van der Waals surface area (Å²) in [7, 11) is 0. The molecule has 3 saturated carbocycles. The second-order valence-corrected chi connectivity index (χ2v) is 17.7. The first-order valence-electron chi connectivity index (χ1n) is 20.5. The van der Waals surface area contributed by atoms with Crippen molar-refractivity contribution >= 4 is 23.6 Å². The van der Waals surface area contributed by atoms with Gasteiger partial charge < -0.3 is 35.4 Å². The lowest BCUT2D eigenvalue weighted by atomic mass is 9.45. The number of aliphatic hydroxyl groups is 1. The summed E-state index contributed by atoms with van der Waals surface area (Å²) in [5.41, 5.74) is 1.75. The predicted molar refractivity (Wildman–Crippen MR) is 209 cm³/mol. The fourth-order valence-corrected chi connectivity index (χ4v) is 12.1. The van der Waals surface area contributed by atoms with Crippen LogP contribution in [0.2, 0.25) is 0 Å². The maximum Gasteiger partial charge on any atom is 0.340 e. The van der Waals surface area contributed by atoms with Crippen LogP contribution in [0.3, 0.4) is 0 Å². The Bertz CT molecular complexity index is 2180. The topological polar surface area (TPSA) is 171 Å². The Morgan fingerprint density at radius 3 is 2.28 bits per heavy atom. The number of nitrogens with one attached hydrogen (secondary N) is 2. The fraction of sp³-hybridized carbons (Fsp3) is 0.478. The van der Waals surface area contributed by atoms with Gasteiger partial charge in [-0.05, 0) is 128 Å². The van der Waals surface area contributed by atoms with Crippen LogP contribution in [0, 0.1) is 34.5 Å². The highest BCUT2D eigenvalue weighted by Gasteiger charge is 2.60. The molecule has 57 heavy (non-hydrogen) atoms. The molecule has 11 nitrogen and oxygen atoms in total. The third-order valence-electron chi connectivity index (χ3n) is 15.0. The molecule has 0 bridgehead atoms. The van der Waals surface area contributed by atoms with Crippen molar-refractivity contribution in [3.63, 3.8) is 0 Å². The van der Waals surface area contributed by atoms with Crippen LogP contribution in [-0.2, 0) is 19.9 Å². The lowest BCUT2D eigenvalue weighted by Gasteiger charge is -2.60. The van der Waals surface area contributed by atoms with E-state index in [1.807, 2.05) is 6.08 Å². The molecule has 2 amide bonds. The summed E-state index contributed by atoms with van der Waals surface area (Å²) in [6, 6.07) is 13.8. The van der Waals surface area contributed by atoms with Crippen LogP contribution in [0.4, 0.5) is 0 Å². The zero-order chi connectivity index (χ0) is 39.9. The molecular weight excluding hydrogens is 725 g/mol. The quantitative estimate of drug-likeness (QED) is 0.122. The fourth-order valence-electron chi connectivity index (χ4n) is 12.1. The molecule has 0 saturated heterocycles. The van der Waals surface area contributed by atoms with E-state index >= 15 is 0 Å². The molecule has 9 rings (SSSR count). The average Bonchev–Trinajstić information content (AvgIpc) is 3.65. The molecule has 2 aliphatic heterocycles. The van der Waals surface area contributed by atoms with Crippen molar-refractivity contribution in [1.29, 1.82) is 0 Å². The summed E-state index contributed by atoms with van der Waals surface area (Å²) in [5.74, 6) is 1.27. The van der Waals surface area contributed by atoms with Gasteiger partial charge in [0.05, 0.1) is 11.7 Å². The number of phenols is 2. The summed E-state index contributed by atoms with van der Waals surface area (Å²) in [6.45, 7) is 5.09. The van der Waals surface area contributed by atoms with E-state index in [-0.39, 0.29) is 81.8 Å². The van der Waals surface area contributed by atoms with E-state index in [2.05, 4.69) is 24.5 Å². The van der Waals surface area contributed by atoms with Crippen molar-refractivity contribution in [2.24, 2.45) is 34.5 Å². The zero-order valence-electron chi connectivity index (χ0n) is 32.4. The number of ketones is 1. The van der Waals surface area contributed by atoms with E-state index in [1.54, 1.807) is 24.3 Å². The molecule has 0 radical (unpaired) electrons. The zero-order valence-corrected chi connectivity index (χ0v) is 32.4. The van der Waals surface area contributed by atoms with Gasteiger partial charge in [0.2, 0.25) is 5.91 Å². The van der Waals surface area contributed by atoms with Crippen LogP contribution in [0.25, 0.3) is 0 Å². The Kier molecular flexibility index (Phi) is 9.03. The number of phenolic OH excluding ortho intramolecular Hbond substituents is 2. The van der Waals surface area contributed by atoms with Gasteiger partial charge in [-0.15, -0.1) is 0 Å². The summed E-state index contributed by atoms with van der Waals surface area (Å²) < 4.78 is 12.1. The monoisotopic (exact) mass is 774 g/mol. The minimum Gasteiger partial charge on any atom is -0.508 e. The third kappa shape index (κ3) is 5.86. The number of fused-ring (bicyclic) bond motifs is 11. The molecule has 5 N–H and O–H groups in total. The van der Waals surface area contributed by atoms with E-state index in [9.17, 15) is 34.5 Å². The number of hydrogen-bond donors (Lipinski definition) is 5. The summed E-state index contributed by atoms with van der Waals surface area (Å²) >= 11 is 0. The SMILES string of the molecule is C[C@]12CC[C@H]3C(CCC4=CC(=O)C[C@H](CCCC(=O)NCCNC(=O)c5ccc6c(c5)C(=O)OC65c6ccc(O)cc6Oc6cc(O)ccc65)[C@@]43C)[C@@H]1CC[C@@H]2O. The Morgan fingerprint density at radius 2 is 1.54 bits per heavy atom. The molecule has 4 aliphatic carbocycles. The maximum atomic E-state index is 13.4. The number of aromatic hydroxyl groups is 2. The molecule has 7 atom stereocenters. The number of rotatable bonds is 8. The lowest BCUT2D eigenvalue weighted by molar-refractivity contribution is -0.122. The van der Waals surface area contributed by atoms with E-state index in [1.165, 1.54) is 35.9 Å². The second kappa shape index (κ2) is 13.7. The Balaban J connectivity index is 0.807. The van der Waals surface area contributed by atoms with E-state index in [0.717, 1.165) is 44.9 Å². The van der Waals surface area contributed by atoms with Crippen molar-refractivity contribution in [1.82, 2.24) is 10.6 Å². The van der Waals surface area contributed by atoms with Crippen LogP contribution in [0.1, 0.15) is 115 Å². The van der Waals surface area contributed by atoms with Gasteiger partial charge in [0.1, 0.15) is 23.0 Å². The number of carbonyl (C=O) groups is 4. The molecule has 6 aliphatic rings. The minimum absolute atomic E-state index is 0.000474. The molecule has 298 valence electrons. The highest BCUT2D eigenvalue weighted by atomic mass is 16.6. The number of allylic oxidation sites excluding steroid dienone is 1. The average molecular weight is 775 g/mol. The number of hydrogen-bond acceptors (Lipinski definition) is 9. The van der Waals surface area contributed by atoms with Crippen LogP contribution < -0.4 is 15.4 Å². The molecule has 2 heterocycles. The van der Waals surface area contributed by atoms with Gasteiger partial charge in [0.25, 0.3) is 5.91 Å². The second-order valence-electron chi connectivity index (χ2n) is 17.7. The van der Waals surface area contributed by atoms with Crippen molar-refractivity contribution in [3.8, 4) is 23.0 Å². The lowest BCUT2D eigenvalue weighted by Crippen LogP contribution is -2.54. The molecule has 1 unspecified atom stereocenters. The van der Waals surface area contributed by atoms with Crippen molar-refractivity contribution in [2.75, 3.05) is 13.1 Å². The van der Waals surface area contributed by atoms with Gasteiger partial charge in [0, 0.05) is 60.3 Å². The molecule has 3 aromatic rings. The minimum atomic E-state index is -1.42. The largest absolute Gasteiger partial charge is 0.508 e. The van der Waals surface area contributed by atoms with Crippen LogP contribution in [0.5, 0.6) is 23.0 Å². The van der Waals surface area contributed by atoms with Gasteiger partial charge in [0.15, 0.2) is 11.4 Å². The van der Waals surface area contributed by atoms with Gasteiger partial charge in [-0.3, -0.25) is 14.4 Å². The maximum absolute atomic E-state index is 13.4. The number of carbonyl (C=O) groups excluding carboxylic acids is 4. The van der Waals surface area contributed by atoms with E-state index in [0.29, 0.717) is 53.7 Å². The molecule has 3 fully saturated rings.